The van der Waals surface area contributed by atoms with E-state index in [0.29, 0.717) is 0 Å². The van der Waals surface area contributed by atoms with Gasteiger partial charge in [-0.05, 0) is 36.8 Å². The topological polar surface area (TPSA) is 45.2 Å². The fraction of sp³-hybridized carbons (Fsp3) is 0.154. The number of phenols is 1. The summed E-state index contributed by atoms with van der Waals surface area (Å²) in [5, 5.41) is 12.5. The Balaban J connectivity index is 2.11. The highest BCUT2D eigenvalue weighted by atomic mass is 19.1. The fourth-order valence-electron chi connectivity index (χ4n) is 1.59. The van der Waals surface area contributed by atoms with Crippen LogP contribution in [0, 0.1) is 5.95 Å². The number of rotatable bonds is 3. The molecule has 0 radical (unpaired) electrons. The SMILES string of the molecule is CC(Nc1ccc(F)nc1)c1cccc(O)c1. The van der Waals surface area contributed by atoms with Crippen LogP contribution in [0.1, 0.15) is 18.5 Å². The van der Waals surface area contributed by atoms with Gasteiger partial charge in [0.05, 0.1) is 11.9 Å². The quantitative estimate of drug-likeness (QED) is 0.799. The molecule has 88 valence electrons. The van der Waals surface area contributed by atoms with E-state index < -0.39 is 5.95 Å². The van der Waals surface area contributed by atoms with Gasteiger partial charge in [-0.3, -0.25) is 0 Å². The Morgan fingerprint density at radius 2 is 2.12 bits per heavy atom. The normalized spacial score (nSPS) is 12.1. The van der Waals surface area contributed by atoms with Crippen LogP contribution in [0.2, 0.25) is 0 Å². The minimum Gasteiger partial charge on any atom is -0.508 e. The number of halogens is 1. The average molecular weight is 232 g/mol. The second-order valence-electron chi connectivity index (χ2n) is 3.83. The maximum Gasteiger partial charge on any atom is 0.212 e. The first-order valence-electron chi connectivity index (χ1n) is 5.32. The molecule has 1 atom stereocenters. The number of nitrogens with one attached hydrogen (secondary N) is 1. The van der Waals surface area contributed by atoms with Gasteiger partial charge in [-0.1, -0.05) is 12.1 Å². The monoisotopic (exact) mass is 232 g/mol. The van der Waals surface area contributed by atoms with Gasteiger partial charge >= 0.3 is 0 Å². The van der Waals surface area contributed by atoms with Gasteiger partial charge < -0.3 is 10.4 Å². The van der Waals surface area contributed by atoms with Crippen molar-refractivity contribution in [2.24, 2.45) is 0 Å². The van der Waals surface area contributed by atoms with Crippen LogP contribution in [0.3, 0.4) is 0 Å². The molecule has 1 unspecified atom stereocenters. The number of aromatic nitrogens is 1. The Hall–Kier alpha value is -2.10. The molecule has 0 saturated heterocycles. The van der Waals surface area contributed by atoms with E-state index in [2.05, 4.69) is 10.3 Å². The maximum absolute atomic E-state index is 12.6. The first kappa shape index (κ1) is 11.4. The second kappa shape index (κ2) is 4.82. The van der Waals surface area contributed by atoms with E-state index >= 15 is 0 Å². The summed E-state index contributed by atoms with van der Waals surface area (Å²) < 4.78 is 12.6. The molecule has 0 spiro atoms. The van der Waals surface area contributed by atoms with E-state index in [9.17, 15) is 9.50 Å². The van der Waals surface area contributed by atoms with Crippen molar-refractivity contribution in [2.75, 3.05) is 5.32 Å². The minimum absolute atomic E-state index is 0.00867. The Bertz CT molecular complexity index is 499. The minimum atomic E-state index is -0.499. The first-order valence-corrected chi connectivity index (χ1v) is 5.32. The Kier molecular flexibility index (Phi) is 3.23. The number of benzene rings is 1. The number of hydrogen-bond acceptors (Lipinski definition) is 3. The number of phenolic OH excluding ortho intramolecular Hbond substituents is 1. The van der Waals surface area contributed by atoms with Crippen molar-refractivity contribution >= 4 is 5.69 Å². The highest BCUT2D eigenvalue weighted by Gasteiger charge is 2.06. The zero-order chi connectivity index (χ0) is 12.3. The van der Waals surface area contributed by atoms with Crippen molar-refractivity contribution in [2.45, 2.75) is 13.0 Å². The fourth-order valence-corrected chi connectivity index (χ4v) is 1.59. The van der Waals surface area contributed by atoms with Crippen molar-refractivity contribution in [3.05, 3.63) is 54.1 Å². The summed E-state index contributed by atoms with van der Waals surface area (Å²) in [6.45, 7) is 1.96. The lowest BCUT2D eigenvalue weighted by Crippen LogP contribution is -2.06. The van der Waals surface area contributed by atoms with E-state index in [1.165, 1.54) is 12.3 Å². The third kappa shape index (κ3) is 2.93. The van der Waals surface area contributed by atoms with Crippen molar-refractivity contribution in [1.29, 1.82) is 0 Å². The summed E-state index contributed by atoms with van der Waals surface area (Å²) in [5.74, 6) is -0.270. The number of anilines is 1. The predicted molar refractivity (Wildman–Crippen MR) is 64.3 cm³/mol. The van der Waals surface area contributed by atoms with E-state index in [1.807, 2.05) is 13.0 Å². The zero-order valence-corrected chi connectivity index (χ0v) is 9.39. The molecule has 4 heteroatoms. The molecule has 2 aromatic rings. The van der Waals surface area contributed by atoms with E-state index in [0.717, 1.165) is 11.3 Å². The summed E-state index contributed by atoms with van der Waals surface area (Å²) in [7, 11) is 0. The lowest BCUT2D eigenvalue weighted by atomic mass is 10.1. The highest BCUT2D eigenvalue weighted by molar-refractivity contribution is 5.43. The van der Waals surface area contributed by atoms with Crippen molar-refractivity contribution in [3.63, 3.8) is 0 Å². The number of hydrogen-bond donors (Lipinski definition) is 2. The Labute approximate surface area is 98.9 Å². The molecule has 0 aliphatic heterocycles. The molecule has 0 fully saturated rings. The molecule has 0 aliphatic rings. The van der Waals surface area contributed by atoms with Crippen molar-refractivity contribution in [1.82, 2.24) is 4.98 Å². The van der Waals surface area contributed by atoms with Gasteiger partial charge in [0.25, 0.3) is 0 Å². The summed E-state index contributed by atoms with van der Waals surface area (Å²) in [6, 6.07) is 9.94. The Morgan fingerprint density at radius 3 is 2.76 bits per heavy atom. The molecular weight excluding hydrogens is 219 g/mol. The Morgan fingerprint density at radius 1 is 1.29 bits per heavy atom. The van der Waals surface area contributed by atoms with Gasteiger partial charge in [-0.2, -0.15) is 4.39 Å². The summed E-state index contributed by atoms with van der Waals surface area (Å²) in [6.07, 6.45) is 1.44. The van der Waals surface area contributed by atoms with Gasteiger partial charge in [0.1, 0.15) is 5.75 Å². The number of nitrogens with zero attached hydrogens (tertiary/aromatic N) is 1. The van der Waals surface area contributed by atoms with Crippen LogP contribution in [0.25, 0.3) is 0 Å². The molecule has 0 aliphatic carbocycles. The van der Waals surface area contributed by atoms with E-state index in [-0.39, 0.29) is 11.8 Å². The van der Waals surface area contributed by atoms with Gasteiger partial charge in [0, 0.05) is 6.04 Å². The highest BCUT2D eigenvalue weighted by Crippen LogP contribution is 2.21. The summed E-state index contributed by atoms with van der Waals surface area (Å²) in [5.41, 5.74) is 1.69. The molecule has 0 bridgehead atoms. The smallest absolute Gasteiger partial charge is 0.212 e. The molecule has 1 aromatic carbocycles. The summed E-state index contributed by atoms with van der Waals surface area (Å²) >= 11 is 0. The molecule has 1 heterocycles. The van der Waals surface area contributed by atoms with Crippen LogP contribution in [0.15, 0.2) is 42.6 Å². The number of aromatic hydroxyl groups is 1. The molecule has 0 saturated carbocycles. The molecule has 2 N–H and O–H groups in total. The van der Waals surface area contributed by atoms with Crippen LogP contribution in [-0.4, -0.2) is 10.1 Å². The third-order valence-electron chi connectivity index (χ3n) is 2.48. The van der Waals surface area contributed by atoms with E-state index in [4.69, 9.17) is 0 Å². The predicted octanol–water partition coefficient (Wildman–Crippen LogP) is 3.10. The molecule has 2 rings (SSSR count). The van der Waals surface area contributed by atoms with Crippen LogP contribution < -0.4 is 5.32 Å². The first-order chi connectivity index (χ1) is 8.15. The average Bonchev–Trinajstić information content (AvgIpc) is 2.32. The molecule has 3 nitrogen and oxygen atoms in total. The van der Waals surface area contributed by atoms with Crippen molar-refractivity contribution in [3.8, 4) is 5.75 Å². The standard InChI is InChI=1S/C13H13FN2O/c1-9(10-3-2-4-12(17)7-10)16-11-5-6-13(14)15-8-11/h2-9,16-17H,1H3. The largest absolute Gasteiger partial charge is 0.508 e. The lowest BCUT2D eigenvalue weighted by molar-refractivity contribution is 0.474. The van der Waals surface area contributed by atoms with Crippen LogP contribution >= 0.6 is 0 Å². The van der Waals surface area contributed by atoms with Gasteiger partial charge in [-0.15, -0.1) is 0 Å². The van der Waals surface area contributed by atoms with Crippen LogP contribution in [0.4, 0.5) is 10.1 Å². The molecule has 1 aromatic heterocycles. The van der Waals surface area contributed by atoms with Gasteiger partial charge in [0.2, 0.25) is 5.95 Å². The van der Waals surface area contributed by atoms with Crippen molar-refractivity contribution < 1.29 is 9.50 Å². The lowest BCUT2D eigenvalue weighted by Gasteiger charge is -2.15. The van der Waals surface area contributed by atoms with Gasteiger partial charge in [0.15, 0.2) is 0 Å². The third-order valence-corrected chi connectivity index (χ3v) is 2.48. The second-order valence-corrected chi connectivity index (χ2v) is 3.83. The van der Waals surface area contributed by atoms with Crippen LogP contribution in [-0.2, 0) is 0 Å². The molecule has 0 amide bonds. The van der Waals surface area contributed by atoms with E-state index in [1.54, 1.807) is 24.3 Å². The molecule has 17 heavy (non-hydrogen) atoms. The van der Waals surface area contributed by atoms with Crippen LogP contribution in [0.5, 0.6) is 5.75 Å². The van der Waals surface area contributed by atoms with Gasteiger partial charge in [-0.25, -0.2) is 4.98 Å². The number of pyridine rings is 1. The maximum atomic E-state index is 12.6. The molecular formula is C13H13FN2O. The zero-order valence-electron chi connectivity index (χ0n) is 9.39. The summed E-state index contributed by atoms with van der Waals surface area (Å²) in [4.78, 5) is 3.56.